The van der Waals surface area contributed by atoms with Gasteiger partial charge in [-0.1, -0.05) is 19.1 Å². The average molecular weight is 270 g/mol. The molecule has 0 radical (unpaired) electrons. The highest BCUT2D eigenvalue weighted by molar-refractivity contribution is 5.97. The van der Waals surface area contributed by atoms with E-state index in [4.69, 9.17) is 9.72 Å². The first-order chi connectivity index (χ1) is 9.74. The maximum absolute atomic E-state index is 12.2. The summed E-state index contributed by atoms with van der Waals surface area (Å²) in [4.78, 5) is 18.7. The van der Waals surface area contributed by atoms with Crippen molar-refractivity contribution < 1.29 is 9.53 Å². The number of para-hydroxylation sites is 1. The van der Waals surface area contributed by atoms with Gasteiger partial charge in [0, 0.05) is 18.4 Å². The highest BCUT2D eigenvalue weighted by Gasteiger charge is 2.26. The molecule has 1 aromatic heterocycles. The number of fused-ring (bicyclic) bond motifs is 2. The van der Waals surface area contributed by atoms with E-state index in [2.05, 4.69) is 6.07 Å². The molecule has 1 amide bonds. The van der Waals surface area contributed by atoms with Crippen LogP contribution in [0.4, 0.5) is 5.82 Å². The molecule has 0 atom stereocenters. The Kier molecular flexibility index (Phi) is 3.30. The highest BCUT2D eigenvalue weighted by Crippen LogP contribution is 2.33. The molecular weight excluding hydrogens is 252 g/mol. The van der Waals surface area contributed by atoms with E-state index < -0.39 is 0 Å². The number of ether oxygens (including phenoxy) is 1. The molecule has 0 N–H and O–H groups in total. The van der Waals surface area contributed by atoms with E-state index in [9.17, 15) is 4.79 Å². The Balaban J connectivity index is 2.10. The van der Waals surface area contributed by atoms with Gasteiger partial charge in [0.25, 0.3) is 0 Å². The van der Waals surface area contributed by atoms with Crippen molar-refractivity contribution in [1.29, 1.82) is 0 Å². The Morgan fingerprint density at radius 3 is 3.05 bits per heavy atom. The van der Waals surface area contributed by atoms with Gasteiger partial charge in [-0.25, -0.2) is 4.98 Å². The quantitative estimate of drug-likeness (QED) is 0.861. The monoisotopic (exact) mass is 270 g/mol. The molecule has 2 aromatic rings. The largest absolute Gasteiger partial charge is 0.494 e. The molecule has 0 saturated heterocycles. The molecule has 4 nitrogen and oxygen atoms in total. The second-order valence-electron chi connectivity index (χ2n) is 5.05. The van der Waals surface area contributed by atoms with E-state index in [0.717, 1.165) is 47.4 Å². The zero-order chi connectivity index (χ0) is 14.1. The summed E-state index contributed by atoms with van der Waals surface area (Å²) in [6, 6.07) is 8.01. The number of aromatic nitrogens is 1. The Bertz CT molecular complexity index is 667. The van der Waals surface area contributed by atoms with Gasteiger partial charge < -0.3 is 4.74 Å². The lowest BCUT2D eigenvalue weighted by Crippen LogP contribution is -2.29. The fourth-order valence-corrected chi connectivity index (χ4v) is 2.72. The zero-order valence-corrected chi connectivity index (χ0v) is 11.8. The highest BCUT2D eigenvalue weighted by atomic mass is 16.5. The van der Waals surface area contributed by atoms with Crippen LogP contribution in [0.5, 0.6) is 5.75 Å². The van der Waals surface area contributed by atoms with Crippen LogP contribution in [0.1, 0.15) is 25.3 Å². The van der Waals surface area contributed by atoms with Crippen molar-refractivity contribution in [3.05, 3.63) is 29.8 Å². The lowest BCUT2D eigenvalue weighted by Gasteiger charge is -2.16. The fourth-order valence-electron chi connectivity index (χ4n) is 2.72. The van der Waals surface area contributed by atoms with Gasteiger partial charge in [0.15, 0.2) is 0 Å². The Hall–Kier alpha value is -2.10. The number of amides is 1. The summed E-state index contributed by atoms with van der Waals surface area (Å²) in [5, 5.41) is 1.06. The van der Waals surface area contributed by atoms with E-state index in [1.165, 1.54) is 0 Å². The smallest absolute Gasteiger partial charge is 0.228 e. The predicted molar refractivity (Wildman–Crippen MR) is 79.3 cm³/mol. The molecule has 0 unspecified atom stereocenters. The second kappa shape index (κ2) is 5.12. The number of hydrogen-bond acceptors (Lipinski definition) is 3. The normalized spacial score (nSPS) is 13.6. The van der Waals surface area contributed by atoms with Gasteiger partial charge in [0.1, 0.15) is 17.1 Å². The van der Waals surface area contributed by atoms with Crippen molar-refractivity contribution in [2.45, 2.75) is 26.2 Å². The number of benzene rings is 1. The molecule has 1 aliphatic rings. The summed E-state index contributed by atoms with van der Waals surface area (Å²) in [6.07, 6.45) is 2.32. The molecular formula is C16H18N2O2. The molecule has 0 fully saturated rings. The van der Waals surface area contributed by atoms with E-state index in [0.29, 0.717) is 6.42 Å². The molecule has 0 aliphatic carbocycles. The van der Waals surface area contributed by atoms with Crippen LogP contribution in [-0.2, 0) is 11.2 Å². The van der Waals surface area contributed by atoms with Crippen molar-refractivity contribution in [1.82, 2.24) is 4.98 Å². The second-order valence-corrected chi connectivity index (χ2v) is 5.05. The minimum Gasteiger partial charge on any atom is -0.494 e. The average Bonchev–Trinajstić information content (AvgIpc) is 2.87. The van der Waals surface area contributed by atoms with Gasteiger partial charge in [0.05, 0.1) is 7.11 Å². The standard InChI is InChI=1S/C16H18N2O2/c1-3-5-14(19)18-9-8-12-10-11-6-4-7-13(20-2)15(11)17-16(12)18/h4,6-7,10H,3,5,8-9H2,1-2H3. The number of carbonyl (C=O) groups excluding carboxylic acids is 1. The summed E-state index contributed by atoms with van der Waals surface area (Å²) >= 11 is 0. The van der Waals surface area contributed by atoms with E-state index in [-0.39, 0.29) is 5.91 Å². The van der Waals surface area contributed by atoms with Crippen LogP contribution in [-0.4, -0.2) is 24.5 Å². The third kappa shape index (κ3) is 2.01. The van der Waals surface area contributed by atoms with Crippen molar-refractivity contribution in [3.8, 4) is 5.75 Å². The molecule has 104 valence electrons. The molecule has 3 rings (SSSR count). The van der Waals surface area contributed by atoms with Crippen molar-refractivity contribution >= 4 is 22.6 Å². The first-order valence-corrected chi connectivity index (χ1v) is 7.01. The molecule has 1 aliphatic heterocycles. The number of carbonyl (C=O) groups is 1. The van der Waals surface area contributed by atoms with Crippen LogP contribution in [0.3, 0.4) is 0 Å². The predicted octanol–water partition coefficient (Wildman–Crippen LogP) is 2.93. The van der Waals surface area contributed by atoms with Crippen LogP contribution in [0, 0.1) is 0 Å². The number of methoxy groups -OCH3 is 1. The minimum atomic E-state index is 0.160. The van der Waals surface area contributed by atoms with Crippen LogP contribution in [0.15, 0.2) is 24.3 Å². The summed E-state index contributed by atoms with van der Waals surface area (Å²) < 4.78 is 5.36. The molecule has 1 aromatic carbocycles. The topological polar surface area (TPSA) is 42.4 Å². The lowest BCUT2D eigenvalue weighted by atomic mass is 10.1. The van der Waals surface area contributed by atoms with Gasteiger partial charge in [-0.2, -0.15) is 0 Å². The lowest BCUT2D eigenvalue weighted by molar-refractivity contribution is -0.118. The number of nitrogens with zero attached hydrogens (tertiary/aromatic N) is 2. The first kappa shape index (κ1) is 12.9. The van der Waals surface area contributed by atoms with Crippen molar-refractivity contribution in [3.63, 3.8) is 0 Å². The molecule has 0 saturated carbocycles. The third-order valence-corrected chi connectivity index (χ3v) is 3.71. The minimum absolute atomic E-state index is 0.160. The molecule has 20 heavy (non-hydrogen) atoms. The van der Waals surface area contributed by atoms with Crippen LogP contribution < -0.4 is 9.64 Å². The number of hydrogen-bond donors (Lipinski definition) is 0. The summed E-state index contributed by atoms with van der Waals surface area (Å²) in [5.74, 6) is 1.72. The van der Waals surface area contributed by atoms with Crippen LogP contribution in [0.25, 0.3) is 10.9 Å². The van der Waals surface area contributed by atoms with Crippen LogP contribution in [0.2, 0.25) is 0 Å². The number of rotatable bonds is 3. The number of anilines is 1. The van der Waals surface area contributed by atoms with Gasteiger partial charge in [-0.3, -0.25) is 9.69 Å². The van der Waals surface area contributed by atoms with E-state index in [1.807, 2.05) is 30.0 Å². The van der Waals surface area contributed by atoms with Gasteiger partial charge in [-0.15, -0.1) is 0 Å². The fraction of sp³-hybridized carbons (Fsp3) is 0.375. The number of pyridine rings is 1. The molecule has 2 heterocycles. The van der Waals surface area contributed by atoms with Crippen LogP contribution >= 0.6 is 0 Å². The van der Waals surface area contributed by atoms with E-state index >= 15 is 0 Å². The van der Waals surface area contributed by atoms with Crippen molar-refractivity contribution in [2.75, 3.05) is 18.6 Å². The Morgan fingerprint density at radius 2 is 2.30 bits per heavy atom. The summed E-state index contributed by atoms with van der Waals surface area (Å²) in [5.41, 5.74) is 1.97. The zero-order valence-electron chi connectivity index (χ0n) is 11.8. The first-order valence-electron chi connectivity index (χ1n) is 7.01. The van der Waals surface area contributed by atoms with Crippen molar-refractivity contribution in [2.24, 2.45) is 0 Å². The maximum atomic E-state index is 12.2. The molecule has 0 bridgehead atoms. The Morgan fingerprint density at radius 1 is 1.45 bits per heavy atom. The molecule has 4 heteroatoms. The van der Waals surface area contributed by atoms with Gasteiger partial charge in [-0.05, 0) is 30.5 Å². The van der Waals surface area contributed by atoms with Gasteiger partial charge in [0.2, 0.25) is 5.91 Å². The summed E-state index contributed by atoms with van der Waals surface area (Å²) in [7, 11) is 1.64. The summed E-state index contributed by atoms with van der Waals surface area (Å²) in [6.45, 7) is 2.76. The molecule has 0 spiro atoms. The van der Waals surface area contributed by atoms with E-state index in [1.54, 1.807) is 7.11 Å². The van der Waals surface area contributed by atoms with Gasteiger partial charge >= 0.3 is 0 Å². The SMILES string of the molecule is CCCC(=O)N1CCc2cc3cccc(OC)c3nc21. The third-order valence-electron chi connectivity index (χ3n) is 3.71. The maximum Gasteiger partial charge on any atom is 0.228 e. The Labute approximate surface area is 118 Å².